The molecule has 3 N–H and O–H groups in total. The predicted octanol–water partition coefficient (Wildman–Crippen LogP) is 1.44. The van der Waals surface area contributed by atoms with Crippen molar-refractivity contribution in [2.45, 2.75) is 36.1 Å². The van der Waals surface area contributed by atoms with Crippen LogP contribution >= 0.6 is 12.4 Å². The highest BCUT2D eigenvalue weighted by atomic mass is 35.5. The van der Waals surface area contributed by atoms with Crippen LogP contribution in [-0.4, -0.2) is 33.6 Å². The summed E-state index contributed by atoms with van der Waals surface area (Å²) in [6.45, 7) is 0.267. The lowest BCUT2D eigenvalue weighted by Gasteiger charge is -2.28. The molecule has 1 saturated carbocycles. The van der Waals surface area contributed by atoms with Gasteiger partial charge in [-0.2, -0.15) is 0 Å². The molecule has 8 heteroatoms. The Balaban J connectivity index is 0.00000242. The van der Waals surface area contributed by atoms with Crippen molar-refractivity contribution < 1.29 is 17.9 Å². The summed E-state index contributed by atoms with van der Waals surface area (Å²) in [6.07, 6.45) is 3.39. The molecule has 0 saturated heterocycles. The first-order valence-electron chi connectivity index (χ1n) is 6.85. The van der Waals surface area contributed by atoms with Crippen molar-refractivity contribution in [3.8, 4) is 0 Å². The quantitative estimate of drug-likeness (QED) is 0.784. The topological polar surface area (TPSA) is 98.5 Å². The molecule has 1 fully saturated rings. The van der Waals surface area contributed by atoms with Crippen LogP contribution < -0.4 is 10.5 Å². The predicted molar refractivity (Wildman–Crippen MR) is 85.6 cm³/mol. The van der Waals surface area contributed by atoms with E-state index in [1.807, 2.05) is 0 Å². The molecule has 0 unspecified atom stereocenters. The van der Waals surface area contributed by atoms with Crippen molar-refractivity contribution >= 4 is 28.4 Å². The molecular formula is C14H21ClN2O4S. The Bertz CT molecular complexity index is 627. The zero-order valence-corrected chi connectivity index (χ0v) is 14.0. The molecule has 0 radical (unpaired) electrons. The number of ether oxygens (including phenoxy) is 1. The molecule has 22 heavy (non-hydrogen) atoms. The van der Waals surface area contributed by atoms with Crippen molar-refractivity contribution in [2.24, 2.45) is 5.73 Å². The van der Waals surface area contributed by atoms with Gasteiger partial charge < -0.3 is 10.5 Å². The number of carbonyl (C=O) groups excluding carboxylic acids is 1. The number of esters is 1. The third-order valence-corrected chi connectivity index (χ3v) is 5.44. The molecule has 1 aromatic carbocycles. The number of nitrogens with one attached hydrogen (secondary N) is 1. The Morgan fingerprint density at radius 2 is 2.00 bits per heavy atom. The van der Waals surface area contributed by atoms with Crippen LogP contribution in [0.5, 0.6) is 0 Å². The SMILES string of the molecule is COC(=O)c1cccc(S(=O)(=O)NC2(CN)CCCC2)c1.Cl. The maximum atomic E-state index is 12.5. The van der Waals surface area contributed by atoms with Gasteiger partial charge in [0.1, 0.15) is 0 Å². The fourth-order valence-electron chi connectivity index (χ4n) is 2.65. The number of sulfonamides is 1. The number of benzene rings is 1. The summed E-state index contributed by atoms with van der Waals surface area (Å²) < 4.78 is 32.3. The van der Waals surface area contributed by atoms with E-state index in [0.29, 0.717) is 0 Å². The summed E-state index contributed by atoms with van der Waals surface area (Å²) in [7, 11) is -2.46. The zero-order valence-electron chi connectivity index (χ0n) is 12.4. The number of methoxy groups -OCH3 is 1. The fourth-order valence-corrected chi connectivity index (χ4v) is 4.17. The molecule has 0 aliphatic heterocycles. The molecule has 0 bridgehead atoms. The molecule has 6 nitrogen and oxygen atoms in total. The van der Waals surface area contributed by atoms with E-state index in [1.54, 1.807) is 0 Å². The minimum absolute atomic E-state index is 0. The van der Waals surface area contributed by atoms with Gasteiger partial charge in [0.05, 0.1) is 17.6 Å². The molecule has 0 aromatic heterocycles. The molecule has 1 aliphatic carbocycles. The number of halogens is 1. The van der Waals surface area contributed by atoms with E-state index in [0.717, 1.165) is 25.7 Å². The van der Waals surface area contributed by atoms with Crippen LogP contribution in [0.4, 0.5) is 0 Å². The van der Waals surface area contributed by atoms with Crippen molar-refractivity contribution in [1.82, 2.24) is 4.72 Å². The highest BCUT2D eigenvalue weighted by molar-refractivity contribution is 7.89. The van der Waals surface area contributed by atoms with E-state index in [9.17, 15) is 13.2 Å². The Kier molecular flexibility index (Phi) is 6.37. The smallest absolute Gasteiger partial charge is 0.337 e. The van der Waals surface area contributed by atoms with E-state index < -0.39 is 21.5 Å². The van der Waals surface area contributed by atoms with Crippen molar-refractivity contribution in [1.29, 1.82) is 0 Å². The standard InChI is InChI=1S/C14H20N2O4S.ClH/c1-20-13(17)11-5-4-6-12(9-11)21(18,19)16-14(10-15)7-2-3-8-14;/h4-6,9,16H,2-3,7-8,10,15H2,1H3;1H. The van der Waals surface area contributed by atoms with Gasteiger partial charge in [0, 0.05) is 12.1 Å². The normalized spacial score (nSPS) is 16.8. The van der Waals surface area contributed by atoms with Crippen LogP contribution in [0, 0.1) is 0 Å². The van der Waals surface area contributed by atoms with Gasteiger partial charge >= 0.3 is 5.97 Å². The second kappa shape index (κ2) is 7.41. The van der Waals surface area contributed by atoms with Gasteiger partial charge in [-0.05, 0) is 31.0 Å². The maximum absolute atomic E-state index is 12.5. The van der Waals surface area contributed by atoms with E-state index in [1.165, 1.54) is 31.4 Å². The van der Waals surface area contributed by atoms with Crippen molar-refractivity contribution in [3.63, 3.8) is 0 Å². The summed E-state index contributed by atoms with van der Waals surface area (Å²) in [5.74, 6) is -0.568. The highest BCUT2D eigenvalue weighted by Crippen LogP contribution is 2.30. The number of carbonyl (C=O) groups is 1. The van der Waals surface area contributed by atoms with E-state index in [-0.39, 0.29) is 29.4 Å². The second-order valence-corrected chi connectivity index (χ2v) is 7.00. The first kappa shape index (κ1) is 18.9. The number of hydrogen-bond acceptors (Lipinski definition) is 5. The van der Waals surface area contributed by atoms with Gasteiger partial charge in [0.2, 0.25) is 10.0 Å². The van der Waals surface area contributed by atoms with Crippen LogP contribution in [0.1, 0.15) is 36.0 Å². The zero-order chi connectivity index (χ0) is 15.5. The monoisotopic (exact) mass is 348 g/mol. The summed E-state index contributed by atoms with van der Waals surface area (Å²) in [5.41, 5.74) is 5.39. The summed E-state index contributed by atoms with van der Waals surface area (Å²) in [5, 5.41) is 0. The lowest BCUT2D eigenvalue weighted by atomic mass is 10.0. The first-order chi connectivity index (χ1) is 9.92. The third kappa shape index (κ3) is 3.98. The first-order valence-corrected chi connectivity index (χ1v) is 8.33. The molecule has 0 amide bonds. The van der Waals surface area contributed by atoms with E-state index in [4.69, 9.17) is 5.73 Å². The third-order valence-electron chi connectivity index (χ3n) is 3.87. The van der Waals surface area contributed by atoms with Crippen LogP contribution in [0.15, 0.2) is 29.2 Å². The van der Waals surface area contributed by atoms with E-state index in [2.05, 4.69) is 9.46 Å². The number of hydrogen-bond donors (Lipinski definition) is 2. The minimum atomic E-state index is -3.72. The minimum Gasteiger partial charge on any atom is -0.465 e. The van der Waals surface area contributed by atoms with Crippen LogP contribution in [0.25, 0.3) is 0 Å². The van der Waals surface area contributed by atoms with Crippen LogP contribution in [-0.2, 0) is 14.8 Å². The molecule has 0 atom stereocenters. The average molecular weight is 349 g/mol. The van der Waals surface area contributed by atoms with Crippen molar-refractivity contribution in [3.05, 3.63) is 29.8 Å². The Hall–Kier alpha value is -1.15. The number of rotatable bonds is 5. The van der Waals surface area contributed by atoms with Gasteiger partial charge in [0.25, 0.3) is 0 Å². The molecule has 1 aromatic rings. The molecule has 0 spiro atoms. The van der Waals surface area contributed by atoms with E-state index >= 15 is 0 Å². The molecular weight excluding hydrogens is 328 g/mol. The summed E-state index contributed by atoms with van der Waals surface area (Å²) in [4.78, 5) is 11.5. The Morgan fingerprint density at radius 3 is 2.55 bits per heavy atom. The van der Waals surface area contributed by atoms with Gasteiger partial charge in [-0.15, -0.1) is 12.4 Å². The largest absolute Gasteiger partial charge is 0.465 e. The van der Waals surface area contributed by atoms with Crippen LogP contribution in [0.2, 0.25) is 0 Å². The maximum Gasteiger partial charge on any atom is 0.337 e. The summed E-state index contributed by atoms with van der Waals surface area (Å²) >= 11 is 0. The lowest BCUT2D eigenvalue weighted by molar-refractivity contribution is 0.0600. The van der Waals surface area contributed by atoms with Crippen LogP contribution in [0.3, 0.4) is 0 Å². The van der Waals surface area contributed by atoms with Crippen molar-refractivity contribution in [2.75, 3.05) is 13.7 Å². The second-order valence-electron chi connectivity index (χ2n) is 5.32. The molecule has 2 rings (SSSR count). The highest BCUT2D eigenvalue weighted by Gasteiger charge is 2.36. The van der Waals surface area contributed by atoms with Gasteiger partial charge in [-0.25, -0.2) is 17.9 Å². The van der Waals surface area contributed by atoms with Gasteiger partial charge in [0.15, 0.2) is 0 Å². The average Bonchev–Trinajstić information content (AvgIpc) is 2.95. The fraction of sp³-hybridized carbons (Fsp3) is 0.500. The van der Waals surface area contributed by atoms with Gasteiger partial charge in [-0.1, -0.05) is 18.9 Å². The Morgan fingerprint density at radius 1 is 1.36 bits per heavy atom. The summed E-state index contributed by atoms with van der Waals surface area (Å²) in [6, 6.07) is 5.80. The van der Waals surface area contributed by atoms with Gasteiger partial charge in [-0.3, -0.25) is 0 Å². The lowest BCUT2D eigenvalue weighted by Crippen LogP contribution is -2.51. The molecule has 1 aliphatic rings. The molecule has 0 heterocycles. The molecule has 124 valence electrons. The Labute approximate surface area is 136 Å². The number of nitrogens with two attached hydrogens (primary N) is 1.